The van der Waals surface area contributed by atoms with Crippen LogP contribution in [0.25, 0.3) is 0 Å². The van der Waals surface area contributed by atoms with Crippen molar-refractivity contribution in [2.24, 2.45) is 7.05 Å². The number of carbonyl (C=O) groups is 1. The molecule has 0 bridgehead atoms. The lowest BCUT2D eigenvalue weighted by atomic mass is 9.91. The lowest BCUT2D eigenvalue weighted by Gasteiger charge is -2.25. The standard InChI is InChI=1S/C16H26N4O/c1-20-15(12-7-9-17-10-8-12)14(11-18-20)16(21)19-13-5-3-2-4-6-13/h11-13,17H,2-10H2,1H3,(H,19,21). The molecule has 1 amide bonds. The van der Waals surface area contributed by atoms with Gasteiger partial charge in [0.15, 0.2) is 0 Å². The van der Waals surface area contributed by atoms with Crippen LogP contribution in [0.2, 0.25) is 0 Å². The van der Waals surface area contributed by atoms with Crippen LogP contribution in [-0.4, -0.2) is 34.8 Å². The van der Waals surface area contributed by atoms with Crippen molar-refractivity contribution in [2.45, 2.75) is 56.9 Å². The van der Waals surface area contributed by atoms with Crippen molar-refractivity contribution in [1.82, 2.24) is 20.4 Å². The van der Waals surface area contributed by atoms with Gasteiger partial charge in [-0.2, -0.15) is 5.10 Å². The van der Waals surface area contributed by atoms with Crippen LogP contribution in [0, 0.1) is 0 Å². The Balaban J connectivity index is 1.73. The van der Waals surface area contributed by atoms with E-state index in [2.05, 4.69) is 15.7 Å². The normalized spacial score (nSPS) is 21.4. The van der Waals surface area contributed by atoms with Crippen molar-refractivity contribution in [3.8, 4) is 0 Å². The van der Waals surface area contributed by atoms with Crippen molar-refractivity contribution < 1.29 is 4.79 Å². The van der Waals surface area contributed by atoms with E-state index in [1.807, 2.05) is 11.7 Å². The summed E-state index contributed by atoms with van der Waals surface area (Å²) in [4.78, 5) is 12.6. The van der Waals surface area contributed by atoms with Crippen molar-refractivity contribution in [2.75, 3.05) is 13.1 Å². The smallest absolute Gasteiger partial charge is 0.254 e. The first-order chi connectivity index (χ1) is 10.3. The molecule has 0 spiro atoms. The minimum atomic E-state index is 0.0727. The largest absolute Gasteiger partial charge is 0.349 e. The van der Waals surface area contributed by atoms with Crippen LogP contribution in [-0.2, 0) is 7.05 Å². The lowest BCUT2D eigenvalue weighted by molar-refractivity contribution is 0.0926. The highest BCUT2D eigenvalue weighted by molar-refractivity contribution is 5.95. The zero-order chi connectivity index (χ0) is 14.7. The van der Waals surface area contributed by atoms with E-state index in [1.54, 1.807) is 6.20 Å². The molecule has 2 fully saturated rings. The summed E-state index contributed by atoms with van der Waals surface area (Å²) in [5, 5.41) is 10.9. The minimum Gasteiger partial charge on any atom is -0.349 e. The highest BCUT2D eigenvalue weighted by Crippen LogP contribution is 2.28. The molecule has 2 heterocycles. The van der Waals surface area contributed by atoms with Gasteiger partial charge < -0.3 is 10.6 Å². The Kier molecular flexibility index (Phi) is 4.58. The molecule has 2 aliphatic rings. The Labute approximate surface area is 126 Å². The van der Waals surface area contributed by atoms with Crippen molar-refractivity contribution in [3.63, 3.8) is 0 Å². The van der Waals surface area contributed by atoms with E-state index < -0.39 is 0 Å². The number of rotatable bonds is 3. The molecule has 5 heteroatoms. The van der Waals surface area contributed by atoms with Crippen LogP contribution in [0.1, 0.15) is 66.9 Å². The van der Waals surface area contributed by atoms with Gasteiger partial charge in [-0.3, -0.25) is 9.48 Å². The molecule has 3 rings (SSSR count). The summed E-state index contributed by atoms with van der Waals surface area (Å²) in [7, 11) is 1.95. The molecule has 0 aromatic carbocycles. The Morgan fingerprint density at radius 3 is 2.67 bits per heavy atom. The molecule has 1 aromatic heterocycles. The van der Waals surface area contributed by atoms with E-state index in [0.717, 1.165) is 50.0 Å². The molecule has 1 aliphatic carbocycles. The van der Waals surface area contributed by atoms with Gasteiger partial charge in [0.25, 0.3) is 5.91 Å². The van der Waals surface area contributed by atoms with Crippen molar-refractivity contribution in [3.05, 3.63) is 17.5 Å². The van der Waals surface area contributed by atoms with Gasteiger partial charge >= 0.3 is 0 Å². The highest BCUT2D eigenvalue weighted by Gasteiger charge is 2.26. The quantitative estimate of drug-likeness (QED) is 0.894. The molecule has 5 nitrogen and oxygen atoms in total. The molecular formula is C16H26N4O. The Morgan fingerprint density at radius 1 is 1.24 bits per heavy atom. The third-order valence-corrected chi connectivity index (χ3v) is 4.90. The van der Waals surface area contributed by atoms with Crippen molar-refractivity contribution in [1.29, 1.82) is 0 Å². The second kappa shape index (κ2) is 6.60. The highest BCUT2D eigenvalue weighted by atomic mass is 16.1. The van der Waals surface area contributed by atoms with Gasteiger partial charge in [-0.1, -0.05) is 19.3 Å². The van der Waals surface area contributed by atoms with Gasteiger partial charge in [0, 0.05) is 19.0 Å². The van der Waals surface area contributed by atoms with Crippen LogP contribution in [0.3, 0.4) is 0 Å². The summed E-state index contributed by atoms with van der Waals surface area (Å²) in [6, 6.07) is 0.354. The van der Waals surface area contributed by atoms with E-state index >= 15 is 0 Å². The second-order valence-corrected chi connectivity index (χ2v) is 6.40. The molecular weight excluding hydrogens is 264 g/mol. The maximum Gasteiger partial charge on any atom is 0.254 e. The SMILES string of the molecule is Cn1ncc(C(=O)NC2CCCCC2)c1C1CCNCC1. The Hall–Kier alpha value is -1.36. The zero-order valence-corrected chi connectivity index (χ0v) is 12.9. The Bertz CT molecular complexity index is 484. The zero-order valence-electron chi connectivity index (χ0n) is 12.9. The number of amides is 1. The third kappa shape index (κ3) is 3.28. The van der Waals surface area contributed by atoms with E-state index in [1.165, 1.54) is 19.3 Å². The molecule has 0 radical (unpaired) electrons. The topological polar surface area (TPSA) is 59.0 Å². The number of carbonyl (C=O) groups excluding carboxylic acids is 1. The van der Waals surface area contributed by atoms with Crippen LogP contribution < -0.4 is 10.6 Å². The predicted octanol–water partition coefficient (Wildman–Crippen LogP) is 1.95. The predicted molar refractivity (Wildman–Crippen MR) is 82.4 cm³/mol. The fourth-order valence-corrected chi connectivity index (χ4v) is 3.71. The van der Waals surface area contributed by atoms with Crippen LogP contribution in [0.4, 0.5) is 0 Å². The molecule has 0 atom stereocenters. The van der Waals surface area contributed by atoms with E-state index in [9.17, 15) is 4.79 Å². The first kappa shape index (κ1) is 14.6. The summed E-state index contributed by atoms with van der Waals surface area (Å²) in [6.07, 6.45) is 9.93. The molecule has 1 saturated carbocycles. The molecule has 116 valence electrons. The number of hydrogen-bond donors (Lipinski definition) is 2. The first-order valence-corrected chi connectivity index (χ1v) is 8.29. The molecule has 2 N–H and O–H groups in total. The van der Waals surface area contributed by atoms with E-state index in [0.29, 0.717) is 12.0 Å². The fourth-order valence-electron chi connectivity index (χ4n) is 3.71. The summed E-state index contributed by atoms with van der Waals surface area (Å²) < 4.78 is 1.89. The van der Waals surface area contributed by atoms with Crippen molar-refractivity contribution >= 4 is 5.91 Å². The average molecular weight is 290 g/mol. The van der Waals surface area contributed by atoms with Gasteiger partial charge in [0.2, 0.25) is 0 Å². The maximum atomic E-state index is 12.6. The van der Waals surface area contributed by atoms with Gasteiger partial charge in [0.1, 0.15) is 0 Å². The lowest BCUT2D eigenvalue weighted by Crippen LogP contribution is -2.37. The van der Waals surface area contributed by atoms with Gasteiger partial charge in [-0.05, 0) is 38.8 Å². The first-order valence-electron chi connectivity index (χ1n) is 8.29. The molecule has 1 aliphatic heterocycles. The number of nitrogens with zero attached hydrogens (tertiary/aromatic N) is 2. The molecule has 1 aromatic rings. The van der Waals surface area contributed by atoms with Crippen LogP contribution in [0.15, 0.2) is 6.20 Å². The summed E-state index contributed by atoms with van der Waals surface area (Å²) in [5.74, 6) is 0.523. The van der Waals surface area contributed by atoms with E-state index in [4.69, 9.17) is 0 Å². The summed E-state index contributed by atoms with van der Waals surface area (Å²) in [6.45, 7) is 2.05. The van der Waals surface area contributed by atoms with Gasteiger partial charge in [0.05, 0.1) is 17.5 Å². The average Bonchev–Trinajstić information content (AvgIpc) is 2.91. The summed E-state index contributed by atoms with van der Waals surface area (Å²) in [5.41, 5.74) is 1.90. The van der Waals surface area contributed by atoms with Crippen LogP contribution in [0.5, 0.6) is 0 Å². The van der Waals surface area contributed by atoms with Gasteiger partial charge in [-0.15, -0.1) is 0 Å². The number of hydrogen-bond acceptors (Lipinski definition) is 3. The van der Waals surface area contributed by atoms with Crippen LogP contribution >= 0.6 is 0 Å². The second-order valence-electron chi connectivity index (χ2n) is 6.40. The molecule has 21 heavy (non-hydrogen) atoms. The summed E-state index contributed by atoms with van der Waals surface area (Å²) >= 11 is 0. The molecule has 0 unspecified atom stereocenters. The number of aromatic nitrogens is 2. The fraction of sp³-hybridized carbons (Fsp3) is 0.750. The number of piperidine rings is 1. The third-order valence-electron chi connectivity index (χ3n) is 4.90. The Morgan fingerprint density at radius 2 is 1.95 bits per heavy atom. The monoisotopic (exact) mass is 290 g/mol. The van der Waals surface area contributed by atoms with Gasteiger partial charge in [-0.25, -0.2) is 0 Å². The minimum absolute atomic E-state index is 0.0727. The maximum absolute atomic E-state index is 12.6. The molecule has 1 saturated heterocycles. The van der Waals surface area contributed by atoms with E-state index in [-0.39, 0.29) is 5.91 Å². The number of nitrogens with one attached hydrogen (secondary N) is 2. The number of aryl methyl sites for hydroxylation is 1.